The first-order chi connectivity index (χ1) is 7.63. The minimum absolute atomic E-state index is 0.0840. The third-order valence-corrected chi connectivity index (χ3v) is 2.07. The van der Waals surface area contributed by atoms with Crippen molar-refractivity contribution in [2.75, 3.05) is 17.6 Å². The maximum Gasteiger partial charge on any atom is 0.239 e. The van der Waals surface area contributed by atoms with Gasteiger partial charge in [-0.2, -0.15) is 4.98 Å². The summed E-state index contributed by atoms with van der Waals surface area (Å²) in [5, 5.41) is 3.24. The molecule has 0 atom stereocenters. The third kappa shape index (κ3) is 3.96. The highest BCUT2D eigenvalue weighted by Gasteiger charge is 2.05. The Morgan fingerprint density at radius 1 is 1.44 bits per heavy atom. The topological polar surface area (TPSA) is 60.2 Å². The lowest BCUT2D eigenvalue weighted by Gasteiger charge is -2.12. The largest absolute Gasteiger partial charge is 0.473 e. The second-order valence-electron chi connectivity index (χ2n) is 4.04. The van der Waals surface area contributed by atoms with Crippen LogP contribution in [0.5, 0.6) is 5.88 Å². The van der Waals surface area contributed by atoms with Gasteiger partial charge in [-0.25, -0.2) is 0 Å². The van der Waals surface area contributed by atoms with Gasteiger partial charge in [0.1, 0.15) is 5.82 Å². The highest BCUT2D eigenvalue weighted by Crippen LogP contribution is 2.21. The van der Waals surface area contributed by atoms with E-state index in [1.165, 1.54) is 0 Å². The fourth-order valence-corrected chi connectivity index (χ4v) is 1.26. The number of hydrogen-bond acceptors (Lipinski definition) is 4. The fourth-order valence-electron chi connectivity index (χ4n) is 1.26. The number of nitrogen functional groups attached to an aromatic ring is 1. The predicted octanol–water partition coefficient (Wildman–Crippen LogP) is 2.66. The van der Waals surface area contributed by atoms with E-state index in [2.05, 4.69) is 17.2 Å². The number of rotatable bonds is 6. The Morgan fingerprint density at radius 3 is 2.81 bits per heavy atom. The van der Waals surface area contributed by atoms with E-state index < -0.39 is 0 Å². The number of ether oxygens (including phenoxy) is 1. The lowest BCUT2D eigenvalue weighted by Crippen LogP contribution is -2.10. The summed E-state index contributed by atoms with van der Waals surface area (Å²) in [6, 6.07) is 3.69. The summed E-state index contributed by atoms with van der Waals surface area (Å²) in [6.07, 6.45) is 2.38. The lowest BCUT2D eigenvalue weighted by molar-refractivity contribution is 0.234. The number of aromatic nitrogens is 1. The van der Waals surface area contributed by atoms with Crippen molar-refractivity contribution in [2.24, 2.45) is 0 Å². The van der Waals surface area contributed by atoms with Crippen LogP contribution in [0, 0.1) is 0 Å². The van der Waals surface area contributed by atoms with Gasteiger partial charge in [-0.1, -0.05) is 13.3 Å². The number of pyridine rings is 1. The number of unbranched alkanes of at least 4 members (excludes halogenated alkanes) is 1. The van der Waals surface area contributed by atoms with Crippen molar-refractivity contribution < 1.29 is 4.74 Å². The van der Waals surface area contributed by atoms with Crippen LogP contribution in [0.3, 0.4) is 0 Å². The average Bonchev–Trinajstić information content (AvgIpc) is 2.22. The minimum atomic E-state index is 0.0840. The van der Waals surface area contributed by atoms with Gasteiger partial charge in [0, 0.05) is 6.54 Å². The van der Waals surface area contributed by atoms with E-state index in [0.29, 0.717) is 11.6 Å². The molecular weight excluding hydrogens is 202 g/mol. The molecule has 0 spiro atoms. The Kier molecular flexibility index (Phi) is 4.89. The minimum Gasteiger partial charge on any atom is -0.473 e. The van der Waals surface area contributed by atoms with Crippen LogP contribution in [0.1, 0.15) is 33.6 Å². The van der Waals surface area contributed by atoms with E-state index >= 15 is 0 Å². The van der Waals surface area contributed by atoms with Gasteiger partial charge in [0.05, 0.1) is 11.8 Å². The first kappa shape index (κ1) is 12.6. The van der Waals surface area contributed by atoms with Crippen LogP contribution in [-0.4, -0.2) is 17.6 Å². The van der Waals surface area contributed by atoms with E-state index in [1.807, 2.05) is 26.0 Å². The Labute approximate surface area is 97.2 Å². The molecule has 1 rings (SSSR count). The van der Waals surface area contributed by atoms with Crippen LogP contribution in [0.2, 0.25) is 0 Å². The van der Waals surface area contributed by atoms with Crippen LogP contribution < -0.4 is 15.8 Å². The van der Waals surface area contributed by atoms with Gasteiger partial charge in [-0.3, -0.25) is 0 Å². The molecule has 1 heterocycles. The van der Waals surface area contributed by atoms with Gasteiger partial charge in [-0.05, 0) is 32.4 Å². The van der Waals surface area contributed by atoms with E-state index in [-0.39, 0.29) is 6.10 Å². The van der Waals surface area contributed by atoms with Crippen LogP contribution in [0.15, 0.2) is 12.1 Å². The molecule has 0 fully saturated rings. The van der Waals surface area contributed by atoms with Crippen molar-refractivity contribution in [2.45, 2.75) is 39.7 Å². The monoisotopic (exact) mass is 223 g/mol. The quantitative estimate of drug-likeness (QED) is 0.728. The van der Waals surface area contributed by atoms with Crippen LogP contribution in [0.25, 0.3) is 0 Å². The number of nitrogens with two attached hydrogens (primary N) is 1. The van der Waals surface area contributed by atoms with E-state index in [1.54, 1.807) is 0 Å². The smallest absolute Gasteiger partial charge is 0.239 e. The van der Waals surface area contributed by atoms with Gasteiger partial charge in [0.2, 0.25) is 5.88 Å². The predicted molar refractivity (Wildman–Crippen MR) is 67.8 cm³/mol. The van der Waals surface area contributed by atoms with Gasteiger partial charge in [0.25, 0.3) is 0 Å². The van der Waals surface area contributed by atoms with Crippen LogP contribution in [-0.2, 0) is 0 Å². The van der Waals surface area contributed by atoms with Gasteiger partial charge in [-0.15, -0.1) is 0 Å². The Hall–Kier alpha value is -1.45. The molecule has 1 aromatic heterocycles. The molecule has 0 radical (unpaired) electrons. The van der Waals surface area contributed by atoms with E-state index in [4.69, 9.17) is 10.5 Å². The summed E-state index contributed by atoms with van der Waals surface area (Å²) in [5.41, 5.74) is 6.36. The normalized spacial score (nSPS) is 10.5. The molecule has 0 aliphatic carbocycles. The van der Waals surface area contributed by atoms with E-state index in [0.717, 1.165) is 25.2 Å². The van der Waals surface area contributed by atoms with Crippen LogP contribution >= 0.6 is 0 Å². The third-order valence-electron chi connectivity index (χ3n) is 2.07. The van der Waals surface area contributed by atoms with Crippen molar-refractivity contribution >= 4 is 11.5 Å². The molecule has 0 saturated heterocycles. The molecule has 90 valence electrons. The first-order valence-electron chi connectivity index (χ1n) is 5.80. The Balaban J connectivity index is 2.65. The molecule has 0 aliphatic rings. The van der Waals surface area contributed by atoms with Crippen molar-refractivity contribution in [1.82, 2.24) is 4.98 Å². The summed E-state index contributed by atoms with van der Waals surface area (Å²) in [5.74, 6) is 1.33. The SMILES string of the molecule is CCCCNc1ccc(N)c(OC(C)C)n1. The van der Waals surface area contributed by atoms with Gasteiger partial charge < -0.3 is 15.8 Å². The number of anilines is 2. The average molecular weight is 223 g/mol. The summed E-state index contributed by atoms with van der Waals surface area (Å²) in [4.78, 5) is 4.33. The number of hydrogen-bond donors (Lipinski definition) is 2. The maximum absolute atomic E-state index is 5.78. The van der Waals surface area contributed by atoms with Crippen molar-refractivity contribution in [3.63, 3.8) is 0 Å². The zero-order chi connectivity index (χ0) is 12.0. The first-order valence-corrected chi connectivity index (χ1v) is 5.80. The molecule has 3 N–H and O–H groups in total. The maximum atomic E-state index is 5.78. The molecule has 0 aliphatic heterocycles. The highest BCUT2D eigenvalue weighted by molar-refractivity contribution is 5.53. The van der Waals surface area contributed by atoms with Gasteiger partial charge >= 0.3 is 0 Å². The zero-order valence-electron chi connectivity index (χ0n) is 10.3. The molecule has 0 unspecified atom stereocenters. The van der Waals surface area contributed by atoms with Crippen molar-refractivity contribution in [3.05, 3.63) is 12.1 Å². The van der Waals surface area contributed by atoms with E-state index in [9.17, 15) is 0 Å². The fraction of sp³-hybridized carbons (Fsp3) is 0.583. The Bertz CT molecular complexity index is 326. The molecule has 0 saturated carbocycles. The molecule has 0 amide bonds. The molecule has 0 aromatic carbocycles. The summed E-state index contributed by atoms with van der Waals surface area (Å²) >= 11 is 0. The standard InChI is InChI=1S/C12H21N3O/c1-4-5-8-14-11-7-6-10(13)12(15-11)16-9(2)3/h6-7,9H,4-5,8,13H2,1-3H3,(H,14,15). The summed E-state index contributed by atoms with van der Waals surface area (Å²) in [6.45, 7) is 7.00. The van der Waals surface area contributed by atoms with Crippen molar-refractivity contribution in [1.29, 1.82) is 0 Å². The zero-order valence-corrected chi connectivity index (χ0v) is 10.3. The van der Waals surface area contributed by atoms with Crippen molar-refractivity contribution in [3.8, 4) is 5.88 Å². The highest BCUT2D eigenvalue weighted by atomic mass is 16.5. The molecule has 16 heavy (non-hydrogen) atoms. The molecule has 4 heteroatoms. The van der Waals surface area contributed by atoms with Crippen LogP contribution in [0.4, 0.5) is 11.5 Å². The summed E-state index contributed by atoms with van der Waals surface area (Å²) < 4.78 is 5.52. The number of nitrogens with one attached hydrogen (secondary N) is 1. The number of nitrogens with zero attached hydrogens (tertiary/aromatic N) is 1. The second-order valence-corrected chi connectivity index (χ2v) is 4.04. The lowest BCUT2D eigenvalue weighted by atomic mass is 10.3. The Morgan fingerprint density at radius 2 is 2.19 bits per heavy atom. The second kappa shape index (κ2) is 6.20. The molecule has 1 aromatic rings. The van der Waals surface area contributed by atoms with Gasteiger partial charge in [0.15, 0.2) is 0 Å². The molecule has 4 nitrogen and oxygen atoms in total. The molecule has 0 bridgehead atoms. The summed E-state index contributed by atoms with van der Waals surface area (Å²) in [7, 11) is 0. The molecular formula is C12H21N3O.